The van der Waals surface area contributed by atoms with Crippen LogP contribution in [-0.2, 0) is 0 Å². The van der Waals surface area contributed by atoms with Crippen LogP contribution in [0.5, 0.6) is 0 Å². The number of rotatable bonds is 5. The fourth-order valence-corrected chi connectivity index (χ4v) is 2.88. The first-order chi connectivity index (χ1) is 14.1. The number of hydrogen-bond acceptors (Lipinski definition) is 3. The van der Waals surface area contributed by atoms with E-state index in [0.717, 1.165) is 16.7 Å². The number of nitrogens with one attached hydrogen (secondary N) is 2. The number of hydroxylamine groups is 1. The molecule has 3 amide bonds. The summed E-state index contributed by atoms with van der Waals surface area (Å²) in [5.74, 6) is -0.703. The van der Waals surface area contributed by atoms with Crippen LogP contribution in [0.2, 0.25) is 0 Å². The van der Waals surface area contributed by atoms with Gasteiger partial charge in [-0.15, -0.1) is 0 Å². The van der Waals surface area contributed by atoms with Crippen LogP contribution in [-0.4, -0.2) is 23.4 Å². The fraction of sp³-hybridized carbons (Fsp3) is 0.0870. The summed E-state index contributed by atoms with van der Waals surface area (Å²) in [6.07, 6.45) is 1.56. The van der Waals surface area contributed by atoms with E-state index >= 15 is 0 Å². The van der Waals surface area contributed by atoms with E-state index in [4.69, 9.17) is 5.21 Å². The van der Waals surface area contributed by atoms with Gasteiger partial charge in [-0.2, -0.15) is 0 Å². The highest BCUT2D eigenvalue weighted by Gasteiger charge is 2.09. The second-order valence-electron chi connectivity index (χ2n) is 6.47. The predicted octanol–water partition coefficient (Wildman–Crippen LogP) is 4.88. The molecule has 0 radical (unpaired) electrons. The Morgan fingerprint density at radius 1 is 0.931 bits per heavy atom. The average molecular weight is 387 g/mol. The van der Waals surface area contributed by atoms with Gasteiger partial charge in [-0.05, 0) is 29.3 Å². The first-order valence-corrected chi connectivity index (χ1v) is 9.12. The van der Waals surface area contributed by atoms with Gasteiger partial charge in [0.1, 0.15) is 0 Å². The van der Waals surface area contributed by atoms with Gasteiger partial charge in [0.2, 0.25) is 0 Å². The molecule has 0 fully saturated rings. The number of benzene rings is 3. The van der Waals surface area contributed by atoms with Crippen LogP contribution in [0.25, 0.3) is 11.1 Å². The van der Waals surface area contributed by atoms with Gasteiger partial charge in [0.25, 0.3) is 5.91 Å². The van der Waals surface area contributed by atoms with E-state index in [1.54, 1.807) is 36.0 Å². The topological polar surface area (TPSA) is 90.8 Å². The zero-order valence-electron chi connectivity index (χ0n) is 15.9. The monoisotopic (exact) mass is 387 g/mol. The highest BCUT2D eigenvalue weighted by Crippen LogP contribution is 2.27. The summed E-state index contributed by atoms with van der Waals surface area (Å²) in [6.45, 7) is 1.90. The summed E-state index contributed by atoms with van der Waals surface area (Å²) in [7, 11) is 0. The summed E-state index contributed by atoms with van der Waals surface area (Å²) in [5.41, 5.74) is 5.44. The molecule has 0 aromatic heterocycles. The molecule has 6 nitrogen and oxygen atoms in total. The minimum atomic E-state index is -0.575. The van der Waals surface area contributed by atoms with Gasteiger partial charge >= 0.3 is 6.03 Å². The van der Waals surface area contributed by atoms with Crippen LogP contribution in [0.1, 0.15) is 28.8 Å². The van der Waals surface area contributed by atoms with Crippen molar-refractivity contribution in [2.75, 3.05) is 5.32 Å². The third-order valence-electron chi connectivity index (χ3n) is 4.47. The Bertz CT molecular complexity index is 1020. The number of aliphatic imine (C=N–C) groups is 1. The number of anilines is 1. The molecule has 3 aromatic carbocycles. The molecule has 3 N–H and O–H groups in total. The largest absolute Gasteiger partial charge is 0.345 e. The molecule has 3 aromatic rings. The van der Waals surface area contributed by atoms with E-state index < -0.39 is 11.9 Å². The highest BCUT2D eigenvalue weighted by molar-refractivity contribution is 5.98. The lowest BCUT2D eigenvalue weighted by Gasteiger charge is -2.10. The van der Waals surface area contributed by atoms with Gasteiger partial charge in [-0.1, -0.05) is 67.6 Å². The van der Waals surface area contributed by atoms with Gasteiger partial charge in [0.05, 0.1) is 5.69 Å². The number of carbonyl (C=O) groups excluding carboxylic acids is 2. The Kier molecular flexibility index (Phi) is 6.50. The molecule has 6 heteroatoms. The maximum Gasteiger partial charge on any atom is 0.345 e. The van der Waals surface area contributed by atoms with Crippen LogP contribution in [0.15, 0.2) is 83.9 Å². The van der Waals surface area contributed by atoms with Crippen molar-refractivity contribution in [3.05, 3.63) is 90.0 Å². The smallest absolute Gasteiger partial charge is 0.305 e. The Balaban J connectivity index is 1.68. The van der Waals surface area contributed by atoms with Crippen molar-refractivity contribution in [2.24, 2.45) is 4.99 Å². The third kappa shape index (κ3) is 5.15. The number of nitrogens with zero attached hydrogens (tertiary/aromatic N) is 1. The second kappa shape index (κ2) is 9.43. The van der Waals surface area contributed by atoms with Crippen LogP contribution in [0.3, 0.4) is 0 Å². The molecule has 0 heterocycles. The lowest BCUT2D eigenvalue weighted by atomic mass is 10.0. The van der Waals surface area contributed by atoms with Crippen LogP contribution < -0.4 is 10.8 Å². The van der Waals surface area contributed by atoms with Crippen molar-refractivity contribution >= 4 is 23.8 Å². The molecule has 3 rings (SSSR count). The number of amides is 3. The third-order valence-corrected chi connectivity index (χ3v) is 4.47. The summed E-state index contributed by atoms with van der Waals surface area (Å²) in [4.78, 5) is 27.7. The molecule has 0 saturated heterocycles. The van der Waals surface area contributed by atoms with Crippen LogP contribution in [0, 0.1) is 0 Å². The van der Waals surface area contributed by atoms with Gasteiger partial charge < -0.3 is 5.32 Å². The summed E-state index contributed by atoms with van der Waals surface area (Å²) < 4.78 is 0. The Labute approximate surface area is 168 Å². The van der Waals surface area contributed by atoms with Crippen LogP contribution in [0.4, 0.5) is 10.5 Å². The minimum Gasteiger partial charge on any atom is -0.305 e. The van der Waals surface area contributed by atoms with Crippen molar-refractivity contribution in [1.29, 1.82) is 0 Å². The molecular weight excluding hydrogens is 366 g/mol. The van der Waals surface area contributed by atoms with E-state index in [0.29, 0.717) is 11.3 Å². The lowest BCUT2D eigenvalue weighted by Crippen LogP contribution is -2.18. The first-order valence-electron chi connectivity index (χ1n) is 9.12. The number of para-hydroxylation sites is 1. The Morgan fingerprint density at radius 3 is 2.28 bits per heavy atom. The SMILES string of the molecule is CC(C=NC(=O)Nc1ccccc1-c1ccccc1)c1ccc(C(=O)NO)cc1. The normalized spacial score (nSPS) is 11.8. The van der Waals surface area contributed by atoms with Crippen LogP contribution >= 0.6 is 0 Å². The molecule has 1 atom stereocenters. The van der Waals surface area contributed by atoms with Gasteiger partial charge in [0, 0.05) is 23.3 Å². The van der Waals surface area contributed by atoms with E-state index in [9.17, 15) is 9.59 Å². The lowest BCUT2D eigenvalue weighted by molar-refractivity contribution is 0.0706. The van der Waals surface area contributed by atoms with Crippen molar-refractivity contribution in [3.8, 4) is 11.1 Å². The zero-order chi connectivity index (χ0) is 20.6. The maximum atomic E-state index is 12.3. The molecule has 146 valence electrons. The molecule has 0 saturated carbocycles. The zero-order valence-corrected chi connectivity index (χ0v) is 15.9. The fourth-order valence-electron chi connectivity index (χ4n) is 2.88. The van der Waals surface area contributed by atoms with E-state index in [1.807, 2.05) is 61.5 Å². The molecule has 29 heavy (non-hydrogen) atoms. The summed E-state index contributed by atoms with van der Waals surface area (Å²) in [5, 5.41) is 11.5. The number of urea groups is 1. The maximum absolute atomic E-state index is 12.3. The highest BCUT2D eigenvalue weighted by atomic mass is 16.5. The number of hydrogen-bond donors (Lipinski definition) is 3. The molecule has 1 unspecified atom stereocenters. The van der Waals surface area contributed by atoms with E-state index in [1.165, 1.54) is 0 Å². The van der Waals surface area contributed by atoms with Gasteiger partial charge in [-0.3, -0.25) is 10.0 Å². The molecular formula is C23H21N3O3. The molecule has 0 aliphatic heterocycles. The second-order valence-corrected chi connectivity index (χ2v) is 6.47. The minimum absolute atomic E-state index is 0.128. The Morgan fingerprint density at radius 2 is 1.59 bits per heavy atom. The van der Waals surface area contributed by atoms with E-state index in [-0.39, 0.29) is 5.92 Å². The predicted molar refractivity (Wildman–Crippen MR) is 113 cm³/mol. The molecule has 0 aliphatic carbocycles. The van der Waals surface area contributed by atoms with Gasteiger partial charge in [-0.25, -0.2) is 15.3 Å². The number of carbonyl (C=O) groups is 2. The molecule has 0 bridgehead atoms. The van der Waals surface area contributed by atoms with Crippen molar-refractivity contribution < 1.29 is 14.8 Å². The molecule has 0 spiro atoms. The summed E-state index contributed by atoms with van der Waals surface area (Å²) in [6, 6.07) is 23.6. The van der Waals surface area contributed by atoms with Gasteiger partial charge in [0.15, 0.2) is 0 Å². The summed E-state index contributed by atoms with van der Waals surface area (Å²) >= 11 is 0. The average Bonchev–Trinajstić information content (AvgIpc) is 2.78. The van der Waals surface area contributed by atoms with E-state index in [2.05, 4.69) is 10.3 Å². The molecule has 0 aliphatic rings. The first kappa shape index (κ1) is 20.0. The quantitative estimate of drug-likeness (QED) is 0.331. The van der Waals surface area contributed by atoms with Crippen molar-refractivity contribution in [2.45, 2.75) is 12.8 Å². The standard InChI is InChI=1S/C23H21N3O3/c1-16(17-11-13-19(14-12-17)22(27)26-29)15-24-23(28)25-21-10-6-5-9-20(21)18-7-3-2-4-8-18/h2-16,29H,1H3,(H,25,28)(H,26,27). The Hall–Kier alpha value is -3.77. The van der Waals surface area contributed by atoms with Crippen molar-refractivity contribution in [3.63, 3.8) is 0 Å². The van der Waals surface area contributed by atoms with Crippen molar-refractivity contribution in [1.82, 2.24) is 5.48 Å².